The molecule has 1 aliphatic carbocycles. The monoisotopic (exact) mass is 356 g/mol. The Bertz CT molecular complexity index is 1040. The average Bonchev–Trinajstić information content (AvgIpc) is 3.46. The van der Waals surface area contributed by atoms with E-state index in [-0.39, 0.29) is 5.54 Å². The van der Waals surface area contributed by atoms with Gasteiger partial charge in [-0.1, -0.05) is 61.4 Å². The number of aromatic amines is 2. The standard InChI is InChI=1S/C23H24N4/c1-2-8-17(9-3-1)21-16-25-22(27-21)23(12-6-7-13-23)26-15-18-14-24-20-11-5-4-10-19(18)20/h1-5,8-11,14,16,24,26H,6-7,12-13,15H2,(H,25,27). The smallest absolute Gasteiger partial charge is 0.126 e. The fraction of sp³-hybridized carbons (Fsp3) is 0.261. The van der Waals surface area contributed by atoms with Crippen LogP contribution in [-0.4, -0.2) is 15.0 Å². The highest BCUT2D eigenvalue weighted by atomic mass is 15.1. The lowest BCUT2D eigenvalue weighted by Gasteiger charge is -2.28. The van der Waals surface area contributed by atoms with Crippen molar-refractivity contribution >= 4 is 10.9 Å². The minimum atomic E-state index is -0.0641. The molecular formula is C23H24N4. The molecule has 1 saturated carbocycles. The number of para-hydroxylation sites is 1. The molecule has 0 bridgehead atoms. The number of nitrogens with one attached hydrogen (secondary N) is 3. The highest BCUT2D eigenvalue weighted by Crippen LogP contribution is 2.38. The number of fused-ring (bicyclic) bond motifs is 1. The van der Waals surface area contributed by atoms with E-state index in [4.69, 9.17) is 4.98 Å². The number of aromatic nitrogens is 3. The summed E-state index contributed by atoms with van der Waals surface area (Å²) in [6, 6.07) is 18.9. The summed E-state index contributed by atoms with van der Waals surface area (Å²) in [7, 11) is 0. The Balaban J connectivity index is 1.42. The van der Waals surface area contributed by atoms with Gasteiger partial charge in [0.05, 0.1) is 17.4 Å². The molecule has 4 aromatic rings. The van der Waals surface area contributed by atoms with E-state index in [1.54, 1.807) is 0 Å². The molecule has 4 heteroatoms. The zero-order valence-corrected chi connectivity index (χ0v) is 15.3. The van der Waals surface area contributed by atoms with Crippen LogP contribution in [0.5, 0.6) is 0 Å². The Hall–Kier alpha value is -2.85. The molecule has 4 nitrogen and oxygen atoms in total. The summed E-state index contributed by atoms with van der Waals surface area (Å²) < 4.78 is 0. The van der Waals surface area contributed by atoms with E-state index in [2.05, 4.69) is 70.0 Å². The number of benzene rings is 2. The van der Waals surface area contributed by atoms with Crippen molar-refractivity contribution in [2.45, 2.75) is 37.8 Å². The van der Waals surface area contributed by atoms with Crippen molar-refractivity contribution in [3.8, 4) is 11.3 Å². The van der Waals surface area contributed by atoms with Gasteiger partial charge in [-0.05, 0) is 30.0 Å². The van der Waals surface area contributed by atoms with Crippen LogP contribution in [-0.2, 0) is 12.1 Å². The Morgan fingerprint density at radius 1 is 0.963 bits per heavy atom. The van der Waals surface area contributed by atoms with Crippen molar-refractivity contribution in [2.24, 2.45) is 0 Å². The predicted octanol–water partition coefficient (Wildman–Crippen LogP) is 5.12. The van der Waals surface area contributed by atoms with Crippen molar-refractivity contribution in [1.29, 1.82) is 0 Å². The van der Waals surface area contributed by atoms with Gasteiger partial charge in [-0.3, -0.25) is 0 Å². The fourth-order valence-corrected chi connectivity index (χ4v) is 4.35. The van der Waals surface area contributed by atoms with Gasteiger partial charge in [-0.2, -0.15) is 0 Å². The van der Waals surface area contributed by atoms with Gasteiger partial charge in [0.1, 0.15) is 5.82 Å². The molecule has 27 heavy (non-hydrogen) atoms. The van der Waals surface area contributed by atoms with Crippen molar-refractivity contribution in [2.75, 3.05) is 0 Å². The number of imidazole rings is 1. The summed E-state index contributed by atoms with van der Waals surface area (Å²) >= 11 is 0. The van der Waals surface area contributed by atoms with E-state index in [0.717, 1.165) is 30.9 Å². The van der Waals surface area contributed by atoms with Crippen molar-refractivity contribution in [1.82, 2.24) is 20.3 Å². The first-order valence-corrected chi connectivity index (χ1v) is 9.75. The molecule has 0 amide bonds. The van der Waals surface area contributed by atoms with Gasteiger partial charge >= 0.3 is 0 Å². The van der Waals surface area contributed by atoms with Crippen LogP contribution in [0.15, 0.2) is 67.0 Å². The molecule has 1 fully saturated rings. The highest BCUT2D eigenvalue weighted by Gasteiger charge is 2.38. The molecule has 0 radical (unpaired) electrons. The van der Waals surface area contributed by atoms with E-state index in [1.807, 2.05) is 12.3 Å². The second-order valence-corrected chi connectivity index (χ2v) is 7.51. The zero-order valence-electron chi connectivity index (χ0n) is 15.3. The van der Waals surface area contributed by atoms with Crippen molar-refractivity contribution in [3.63, 3.8) is 0 Å². The van der Waals surface area contributed by atoms with Gasteiger partial charge in [0.25, 0.3) is 0 Å². The molecule has 0 saturated heterocycles. The molecular weight excluding hydrogens is 332 g/mol. The van der Waals surface area contributed by atoms with Gasteiger partial charge in [0.15, 0.2) is 0 Å². The van der Waals surface area contributed by atoms with Crippen LogP contribution in [0.1, 0.15) is 37.1 Å². The number of H-pyrrole nitrogens is 2. The minimum Gasteiger partial charge on any atom is -0.361 e. The van der Waals surface area contributed by atoms with E-state index >= 15 is 0 Å². The molecule has 0 spiro atoms. The summed E-state index contributed by atoms with van der Waals surface area (Å²) in [5.74, 6) is 1.07. The number of hydrogen-bond donors (Lipinski definition) is 3. The lowest BCUT2D eigenvalue weighted by molar-refractivity contribution is 0.322. The van der Waals surface area contributed by atoms with Crippen LogP contribution < -0.4 is 5.32 Å². The molecule has 136 valence electrons. The fourth-order valence-electron chi connectivity index (χ4n) is 4.35. The molecule has 0 unspecified atom stereocenters. The summed E-state index contributed by atoms with van der Waals surface area (Å²) in [4.78, 5) is 11.8. The third-order valence-corrected chi connectivity index (χ3v) is 5.86. The molecule has 2 aromatic carbocycles. The Morgan fingerprint density at radius 3 is 2.59 bits per heavy atom. The number of hydrogen-bond acceptors (Lipinski definition) is 2. The first kappa shape index (κ1) is 16.3. The van der Waals surface area contributed by atoms with Crippen molar-refractivity contribution in [3.05, 3.63) is 78.4 Å². The van der Waals surface area contributed by atoms with Crippen LogP contribution in [0.3, 0.4) is 0 Å². The van der Waals surface area contributed by atoms with Gasteiger partial charge < -0.3 is 15.3 Å². The Kier molecular flexibility index (Phi) is 4.06. The van der Waals surface area contributed by atoms with E-state index in [0.29, 0.717) is 0 Å². The van der Waals surface area contributed by atoms with Crippen LogP contribution in [0.4, 0.5) is 0 Å². The molecule has 0 atom stereocenters. The lowest BCUT2D eigenvalue weighted by atomic mass is 9.96. The van der Waals surface area contributed by atoms with Gasteiger partial charge in [-0.25, -0.2) is 4.98 Å². The number of rotatable bonds is 5. The quantitative estimate of drug-likeness (QED) is 0.465. The molecule has 1 aliphatic rings. The number of nitrogens with zero attached hydrogens (tertiary/aromatic N) is 1. The second-order valence-electron chi connectivity index (χ2n) is 7.51. The van der Waals surface area contributed by atoms with Gasteiger partial charge in [0.2, 0.25) is 0 Å². The largest absolute Gasteiger partial charge is 0.361 e. The summed E-state index contributed by atoms with van der Waals surface area (Å²) in [5, 5.41) is 5.15. The van der Waals surface area contributed by atoms with Gasteiger partial charge in [-0.15, -0.1) is 0 Å². The Labute approximate surface area is 159 Å². The summed E-state index contributed by atoms with van der Waals surface area (Å²) in [6.45, 7) is 0.839. The van der Waals surface area contributed by atoms with Crippen molar-refractivity contribution < 1.29 is 0 Å². The lowest BCUT2D eigenvalue weighted by Crippen LogP contribution is -2.40. The average molecular weight is 356 g/mol. The first-order valence-electron chi connectivity index (χ1n) is 9.75. The zero-order chi connectivity index (χ0) is 18.1. The van der Waals surface area contributed by atoms with Gasteiger partial charge in [0, 0.05) is 23.6 Å². The normalized spacial score (nSPS) is 16.1. The van der Waals surface area contributed by atoms with Crippen LogP contribution in [0.25, 0.3) is 22.2 Å². The van der Waals surface area contributed by atoms with Crippen LogP contribution >= 0.6 is 0 Å². The van der Waals surface area contributed by atoms with E-state index in [9.17, 15) is 0 Å². The van der Waals surface area contributed by atoms with Crippen LogP contribution in [0, 0.1) is 0 Å². The summed E-state index contributed by atoms with van der Waals surface area (Å²) in [6.07, 6.45) is 8.81. The molecule has 2 heterocycles. The second kappa shape index (κ2) is 6.71. The van der Waals surface area contributed by atoms with E-state index in [1.165, 1.54) is 34.9 Å². The predicted molar refractivity (Wildman–Crippen MR) is 109 cm³/mol. The molecule has 2 aromatic heterocycles. The highest BCUT2D eigenvalue weighted by molar-refractivity contribution is 5.82. The Morgan fingerprint density at radius 2 is 1.74 bits per heavy atom. The molecule has 3 N–H and O–H groups in total. The maximum absolute atomic E-state index is 4.78. The van der Waals surface area contributed by atoms with E-state index < -0.39 is 0 Å². The first-order chi connectivity index (χ1) is 13.3. The summed E-state index contributed by atoms with van der Waals surface area (Å²) in [5.41, 5.74) is 4.71. The maximum atomic E-state index is 4.78. The topological polar surface area (TPSA) is 56.5 Å². The molecule has 0 aliphatic heterocycles. The van der Waals surface area contributed by atoms with Crippen LogP contribution in [0.2, 0.25) is 0 Å². The third kappa shape index (κ3) is 2.96. The SMILES string of the molecule is c1ccc(-c2cnc(C3(NCc4c[nH]c5ccccc45)CCCC3)[nH]2)cc1. The molecule has 5 rings (SSSR count). The maximum Gasteiger partial charge on any atom is 0.126 e. The minimum absolute atomic E-state index is 0.0641. The third-order valence-electron chi connectivity index (χ3n) is 5.86.